The average molecular weight is 355 g/mol. The molecule has 0 saturated carbocycles. The second-order valence-corrected chi connectivity index (χ2v) is 6.65. The second-order valence-electron chi connectivity index (χ2n) is 4.03. The smallest absolute Gasteiger partial charge is 0.240 e. The minimum absolute atomic E-state index is 0.122. The van der Waals surface area contributed by atoms with Crippen LogP contribution in [-0.2, 0) is 10.0 Å². The van der Waals surface area contributed by atoms with Crippen LogP contribution in [0.15, 0.2) is 27.6 Å². The van der Waals surface area contributed by atoms with Gasteiger partial charge in [-0.2, -0.15) is 0 Å². The van der Waals surface area contributed by atoms with Crippen molar-refractivity contribution in [1.29, 1.82) is 0 Å². The molecule has 1 atom stereocenters. The van der Waals surface area contributed by atoms with E-state index in [1.807, 2.05) is 0 Å². The average Bonchev–Trinajstić information content (AvgIpc) is 2.31. The maximum atomic E-state index is 13.3. The van der Waals surface area contributed by atoms with E-state index >= 15 is 0 Å². The predicted molar refractivity (Wildman–Crippen MR) is 73.8 cm³/mol. The van der Waals surface area contributed by atoms with Gasteiger partial charge in [-0.05, 0) is 41.1 Å². The molecule has 1 aromatic rings. The topological polar surface area (TPSA) is 78.4 Å². The van der Waals surface area contributed by atoms with E-state index in [1.54, 1.807) is 6.92 Å². The molecule has 0 aromatic heterocycles. The van der Waals surface area contributed by atoms with Crippen LogP contribution in [0, 0.1) is 5.82 Å². The van der Waals surface area contributed by atoms with Gasteiger partial charge in [-0.15, -0.1) is 0 Å². The first kappa shape index (κ1) is 16.5. The molecule has 0 aliphatic rings. The number of benzene rings is 1. The summed E-state index contributed by atoms with van der Waals surface area (Å²) in [4.78, 5) is -0.122. The quantitative estimate of drug-likeness (QED) is 0.634. The van der Waals surface area contributed by atoms with Crippen LogP contribution in [-0.4, -0.2) is 39.3 Å². The number of nitrogens with one attached hydrogen (secondary N) is 2. The lowest BCUT2D eigenvalue weighted by molar-refractivity contribution is 0.192. The van der Waals surface area contributed by atoms with E-state index in [2.05, 4.69) is 26.0 Å². The minimum Gasteiger partial charge on any atom is -0.392 e. The molecule has 0 radical (unpaired) electrons. The molecule has 0 bridgehead atoms. The molecule has 0 amide bonds. The van der Waals surface area contributed by atoms with E-state index in [-0.39, 0.29) is 15.9 Å². The highest BCUT2D eigenvalue weighted by atomic mass is 79.9. The molecule has 5 nitrogen and oxygen atoms in total. The monoisotopic (exact) mass is 354 g/mol. The van der Waals surface area contributed by atoms with Crippen LogP contribution in [0.2, 0.25) is 0 Å². The van der Waals surface area contributed by atoms with E-state index in [9.17, 15) is 12.8 Å². The Morgan fingerprint density at radius 3 is 2.68 bits per heavy atom. The Bertz CT molecular complexity index is 523. The molecule has 1 unspecified atom stereocenters. The molecule has 1 aromatic carbocycles. The maximum absolute atomic E-state index is 13.3. The first-order valence-corrected chi connectivity index (χ1v) is 7.94. The van der Waals surface area contributed by atoms with Crippen LogP contribution in [0.1, 0.15) is 6.92 Å². The van der Waals surface area contributed by atoms with Gasteiger partial charge in [0.1, 0.15) is 5.82 Å². The Morgan fingerprint density at radius 2 is 2.11 bits per heavy atom. The second kappa shape index (κ2) is 7.30. The van der Waals surface area contributed by atoms with Crippen LogP contribution >= 0.6 is 15.9 Å². The summed E-state index contributed by atoms with van der Waals surface area (Å²) >= 11 is 2.96. The van der Waals surface area contributed by atoms with Gasteiger partial charge < -0.3 is 10.4 Å². The summed E-state index contributed by atoms with van der Waals surface area (Å²) in [6, 6.07) is 3.62. The van der Waals surface area contributed by atoms with E-state index in [0.29, 0.717) is 13.1 Å². The summed E-state index contributed by atoms with van der Waals surface area (Å²) < 4.78 is 39.5. The summed E-state index contributed by atoms with van der Waals surface area (Å²) in [6.07, 6.45) is -0.489. The first-order valence-electron chi connectivity index (χ1n) is 5.66. The van der Waals surface area contributed by atoms with Gasteiger partial charge in [-0.1, -0.05) is 0 Å². The molecule has 108 valence electrons. The molecular formula is C11H16BrFN2O3S. The number of aliphatic hydroxyl groups excluding tert-OH is 1. The number of hydrogen-bond acceptors (Lipinski definition) is 4. The number of hydrogen-bond donors (Lipinski definition) is 3. The zero-order valence-corrected chi connectivity index (χ0v) is 12.8. The van der Waals surface area contributed by atoms with Gasteiger partial charge in [0, 0.05) is 19.6 Å². The van der Waals surface area contributed by atoms with E-state index < -0.39 is 21.9 Å². The number of rotatable bonds is 7. The third-order valence-electron chi connectivity index (χ3n) is 2.23. The van der Waals surface area contributed by atoms with Gasteiger partial charge in [0.2, 0.25) is 10.0 Å². The van der Waals surface area contributed by atoms with Crippen molar-refractivity contribution in [3.05, 3.63) is 28.5 Å². The van der Waals surface area contributed by atoms with Crippen molar-refractivity contribution >= 4 is 26.0 Å². The SMILES string of the molecule is CC(O)CNCCNS(=O)(=O)c1ccc(Br)c(F)c1. The van der Waals surface area contributed by atoms with Gasteiger partial charge in [-0.3, -0.25) is 0 Å². The molecule has 0 fully saturated rings. The molecule has 0 spiro atoms. The van der Waals surface area contributed by atoms with Crippen molar-refractivity contribution in [3.63, 3.8) is 0 Å². The number of sulfonamides is 1. The normalized spacial score (nSPS) is 13.5. The van der Waals surface area contributed by atoms with Crippen molar-refractivity contribution in [2.24, 2.45) is 0 Å². The maximum Gasteiger partial charge on any atom is 0.240 e. The standard InChI is InChI=1S/C11H16BrFN2O3S/c1-8(16)7-14-4-5-15-19(17,18)9-2-3-10(12)11(13)6-9/h2-3,6,8,14-16H,4-5,7H2,1H3. The van der Waals surface area contributed by atoms with Crippen LogP contribution in [0.3, 0.4) is 0 Å². The van der Waals surface area contributed by atoms with Gasteiger partial charge in [0.05, 0.1) is 15.5 Å². The molecule has 1 rings (SSSR count). The van der Waals surface area contributed by atoms with Gasteiger partial charge in [0.25, 0.3) is 0 Å². The summed E-state index contributed by atoms with van der Waals surface area (Å²) in [5.74, 6) is -0.630. The molecule has 0 heterocycles. The van der Waals surface area contributed by atoms with E-state index in [1.165, 1.54) is 12.1 Å². The first-order chi connectivity index (χ1) is 8.83. The Hall–Kier alpha value is -0.540. The fourth-order valence-electron chi connectivity index (χ4n) is 1.31. The van der Waals surface area contributed by atoms with Crippen molar-refractivity contribution in [1.82, 2.24) is 10.0 Å². The zero-order valence-electron chi connectivity index (χ0n) is 10.4. The van der Waals surface area contributed by atoms with Crippen LogP contribution < -0.4 is 10.0 Å². The summed E-state index contributed by atoms with van der Waals surface area (Å²) in [5.41, 5.74) is 0. The van der Waals surface area contributed by atoms with Gasteiger partial charge in [-0.25, -0.2) is 17.5 Å². The fourth-order valence-corrected chi connectivity index (χ4v) is 2.60. The molecule has 0 aliphatic heterocycles. The largest absolute Gasteiger partial charge is 0.392 e. The van der Waals surface area contributed by atoms with Crippen molar-refractivity contribution in [3.8, 4) is 0 Å². The Morgan fingerprint density at radius 1 is 1.42 bits per heavy atom. The lowest BCUT2D eigenvalue weighted by atomic mass is 10.3. The lowest BCUT2D eigenvalue weighted by Crippen LogP contribution is -2.34. The van der Waals surface area contributed by atoms with Crippen molar-refractivity contribution in [2.45, 2.75) is 17.9 Å². The molecule has 3 N–H and O–H groups in total. The van der Waals surface area contributed by atoms with Crippen molar-refractivity contribution < 1.29 is 17.9 Å². The molecular weight excluding hydrogens is 339 g/mol. The predicted octanol–water partition coefficient (Wildman–Crippen LogP) is 0.837. The Balaban J connectivity index is 2.54. The molecule has 8 heteroatoms. The number of halogens is 2. The highest BCUT2D eigenvalue weighted by Gasteiger charge is 2.15. The zero-order chi connectivity index (χ0) is 14.5. The lowest BCUT2D eigenvalue weighted by Gasteiger charge is -2.09. The molecule has 0 aliphatic carbocycles. The van der Waals surface area contributed by atoms with Crippen LogP contribution in [0.25, 0.3) is 0 Å². The Kier molecular flexibility index (Phi) is 6.34. The minimum atomic E-state index is -3.71. The molecule has 19 heavy (non-hydrogen) atoms. The number of aliphatic hydroxyl groups is 1. The Labute approximate surface area is 120 Å². The highest BCUT2D eigenvalue weighted by Crippen LogP contribution is 2.18. The van der Waals surface area contributed by atoms with Gasteiger partial charge >= 0.3 is 0 Å². The van der Waals surface area contributed by atoms with Crippen molar-refractivity contribution in [2.75, 3.05) is 19.6 Å². The fraction of sp³-hybridized carbons (Fsp3) is 0.455. The van der Waals surface area contributed by atoms with Crippen LogP contribution in [0.5, 0.6) is 0 Å². The highest BCUT2D eigenvalue weighted by molar-refractivity contribution is 9.10. The summed E-state index contributed by atoms with van der Waals surface area (Å²) in [5, 5.41) is 11.9. The van der Waals surface area contributed by atoms with Crippen LogP contribution in [0.4, 0.5) is 4.39 Å². The van der Waals surface area contributed by atoms with Gasteiger partial charge in [0.15, 0.2) is 0 Å². The summed E-state index contributed by atoms with van der Waals surface area (Å²) in [7, 11) is -3.71. The molecule has 0 saturated heterocycles. The summed E-state index contributed by atoms with van der Waals surface area (Å²) in [6.45, 7) is 2.55. The van der Waals surface area contributed by atoms with E-state index in [0.717, 1.165) is 6.07 Å². The third-order valence-corrected chi connectivity index (χ3v) is 4.34. The van der Waals surface area contributed by atoms with E-state index in [4.69, 9.17) is 5.11 Å². The third kappa shape index (κ3) is 5.53.